The van der Waals surface area contributed by atoms with Gasteiger partial charge in [0, 0.05) is 25.5 Å². The van der Waals surface area contributed by atoms with Crippen LogP contribution in [0.15, 0.2) is 24.5 Å². The minimum atomic E-state index is -0.0206. The smallest absolute Gasteiger partial charge is 0.0564 e. The van der Waals surface area contributed by atoms with E-state index < -0.39 is 0 Å². The van der Waals surface area contributed by atoms with Gasteiger partial charge in [0.15, 0.2) is 0 Å². The zero-order valence-electron chi connectivity index (χ0n) is 9.21. The Morgan fingerprint density at radius 2 is 1.73 bits per heavy atom. The molecular formula is C11H19N3O. The predicted molar refractivity (Wildman–Crippen MR) is 59.4 cm³/mol. The van der Waals surface area contributed by atoms with Gasteiger partial charge in [0.1, 0.15) is 0 Å². The Morgan fingerprint density at radius 3 is 2.07 bits per heavy atom. The normalized spacial score (nSPS) is 18.0. The summed E-state index contributed by atoms with van der Waals surface area (Å²) in [5.41, 5.74) is 0. The maximum atomic E-state index is 9.10. The van der Waals surface area contributed by atoms with Crippen LogP contribution in [0.5, 0.6) is 0 Å². The molecule has 84 valence electrons. The van der Waals surface area contributed by atoms with E-state index in [4.69, 9.17) is 5.11 Å². The lowest BCUT2D eigenvalue weighted by Crippen LogP contribution is -2.35. The molecular weight excluding hydrogens is 190 g/mol. The van der Waals surface area contributed by atoms with E-state index in [2.05, 4.69) is 22.0 Å². The van der Waals surface area contributed by atoms with Crippen molar-refractivity contribution in [1.29, 1.82) is 0 Å². The molecule has 4 nitrogen and oxygen atoms in total. The van der Waals surface area contributed by atoms with Gasteiger partial charge in [-0.05, 0) is 31.5 Å². The van der Waals surface area contributed by atoms with Crippen LogP contribution in [-0.2, 0) is 0 Å². The molecule has 2 rings (SSSR count). The highest BCUT2D eigenvalue weighted by Crippen LogP contribution is 2.08. The second-order valence-electron chi connectivity index (χ2n) is 3.58. The molecule has 0 unspecified atom stereocenters. The number of hydrogen-bond donors (Lipinski definition) is 1. The number of hydrogen-bond acceptors (Lipinski definition) is 4. The van der Waals surface area contributed by atoms with Crippen molar-refractivity contribution in [3.63, 3.8) is 0 Å². The molecule has 1 aliphatic rings. The zero-order chi connectivity index (χ0) is 10.9. The average Bonchev–Trinajstić information content (AvgIpc) is 2.33. The molecule has 0 bridgehead atoms. The molecule has 1 fully saturated rings. The minimum absolute atomic E-state index is 0.0206. The van der Waals surface area contributed by atoms with Crippen molar-refractivity contribution in [2.75, 3.05) is 19.6 Å². The van der Waals surface area contributed by atoms with E-state index in [1.165, 1.54) is 0 Å². The van der Waals surface area contributed by atoms with Gasteiger partial charge < -0.3 is 10.0 Å². The van der Waals surface area contributed by atoms with Crippen LogP contribution in [0.25, 0.3) is 0 Å². The number of rotatable bonds is 1. The van der Waals surface area contributed by atoms with Crippen molar-refractivity contribution in [1.82, 2.24) is 15.1 Å². The van der Waals surface area contributed by atoms with Gasteiger partial charge in [-0.15, -0.1) is 0 Å². The van der Waals surface area contributed by atoms with Gasteiger partial charge in [0.25, 0.3) is 0 Å². The molecule has 1 saturated heterocycles. The summed E-state index contributed by atoms with van der Waals surface area (Å²) in [6, 6.07) is 3.65. The number of aromatic nitrogens is 2. The fourth-order valence-electron chi connectivity index (χ4n) is 1.49. The number of nitrogens with zero attached hydrogens (tertiary/aromatic N) is 3. The molecule has 15 heavy (non-hydrogen) atoms. The SMILES string of the molecule is CCN1CCC(O)CC1.c1ccnnc1. The van der Waals surface area contributed by atoms with E-state index in [1.54, 1.807) is 12.4 Å². The van der Waals surface area contributed by atoms with Crippen LogP contribution >= 0.6 is 0 Å². The van der Waals surface area contributed by atoms with E-state index in [1.807, 2.05) is 12.1 Å². The molecule has 2 heterocycles. The van der Waals surface area contributed by atoms with Crippen molar-refractivity contribution < 1.29 is 5.11 Å². The maximum absolute atomic E-state index is 9.10. The van der Waals surface area contributed by atoms with E-state index in [0.717, 1.165) is 32.5 Å². The van der Waals surface area contributed by atoms with Gasteiger partial charge in [-0.3, -0.25) is 0 Å². The standard InChI is InChI=1S/C7H15NO.C4H4N2/c1-2-8-5-3-7(9)4-6-8;1-2-4-6-5-3-1/h7,9H,2-6H2,1H3;1-4H. The third kappa shape index (κ3) is 5.44. The average molecular weight is 209 g/mol. The van der Waals surface area contributed by atoms with E-state index in [0.29, 0.717) is 0 Å². The lowest BCUT2D eigenvalue weighted by atomic mass is 10.1. The Bertz CT molecular complexity index is 208. The van der Waals surface area contributed by atoms with Crippen molar-refractivity contribution in [3.8, 4) is 0 Å². The molecule has 0 radical (unpaired) electrons. The molecule has 0 aromatic carbocycles. The molecule has 1 aromatic heterocycles. The molecule has 4 heteroatoms. The zero-order valence-corrected chi connectivity index (χ0v) is 9.21. The summed E-state index contributed by atoms with van der Waals surface area (Å²) in [5, 5.41) is 16.2. The van der Waals surface area contributed by atoms with Crippen LogP contribution in [0, 0.1) is 0 Å². The van der Waals surface area contributed by atoms with Crippen LogP contribution in [0.3, 0.4) is 0 Å². The first-order valence-corrected chi connectivity index (χ1v) is 5.45. The Hall–Kier alpha value is -1.00. The van der Waals surface area contributed by atoms with E-state index in [-0.39, 0.29) is 6.10 Å². The number of likely N-dealkylation sites (tertiary alicyclic amines) is 1. The molecule has 1 aromatic rings. The lowest BCUT2D eigenvalue weighted by Gasteiger charge is -2.27. The highest BCUT2D eigenvalue weighted by atomic mass is 16.3. The van der Waals surface area contributed by atoms with Crippen molar-refractivity contribution >= 4 is 0 Å². The lowest BCUT2D eigenvalue weighted by molar-refractivity contribution is 0.0852. The molecule has 1 aliphatic heterocycles. The molecule has 0 atom stereocenters. The number of piperidine rings is 1. The second-order valence-corrected chi connectivity index (χ2v) is 3.58. The van der Waals surface area contributed by atoms with Crippen LogP contribution in [0.2, 0.25) is 0 Å². The summed E-state index contributed by atoms with van der Waals surface area (Å²) < 4.78 is 0. The van der Waals surface area contributed by atoms with E-state index >= 15 is 0 Å². The topological polar surface area (TPSA) is 49.2 Å². The van der Waals surface area contributed by atoms with Gasteiger partial charge in [-0.1, -0.05) is 6.92 Å². The Morgan fingerprint density at radius 1 is 1.20 bits per heavy atom. The summed E-state index contributed by atoms with van der Waals surface area (Å²) in [4.78, 5) is 2.37. The van der Waals surface area contributed by atoms with Crippen LogP contribution in [-0.4, -0.2) is 45.9 Å². The summed E-state index contributed by atoms with van der Waals surface area (Å²) in [7, 11) is 0. The van der Waals surface area contributed by atoms with Crippen LogP contribution < -0.4 is 0 Å². The summed E-state index contributed by atoms with van der Waals surface area (Å²) >= 11 is 0. The number of aliphatic hydroxyl groups is 1. The first kappa shape index (κ1) is 12.1. The predicted octanol–water partition coefficient (Wildman–Crippen LogP) is 0.940. The summed E-state index contributed by atoms with van der Waals surface area (Å²) in [6.07, 6.45) is 5.19. The van der Waals surface area contributed by atoms with Crippen molar-refractivity contribution in [2.24, 2.45) is 0 Å². The molecule has 0 saturated carbocycles. The van der Waals surface area contributed by atoms with Gasteiger partial charge in [0.2, 0.25) is 0 Å². The molecule has 0 amide bonds. The van der Waals surface area contributed by atoms with Gasteiger partial charge in [-0.25, -0.2) is 0 Å². The van der Waals surface area contributed by atoms with Gasteiger partial charge >= 0.3 is 0 Å². The fourth-order valence-corrected chi connectivity index (χ4v) is 1.49. The first-order valence-electron chi connectivity index (χ1n) is 5.45. The molecule has 0 spiro atoms. The summed E-state index contributed by atoms with van der Waals surface area (Å²) in [5.74, 6) is 0. The van der Waals surface area contributed by atoms with Crippen LogP contribution in [0.1, 0.15) is 19.8 Å². The monoisotopic (exact) mass is 209 g/mol. The fraction of sp³-hybridized carbons (Fsp3) is 0.636. The van der Waals surface area contributed by atoms with Crippen molar-refractivity contribution in [2.45, 2.75) is 25.9 Å². The Balaban J connectivity index is 0.000000162. The maximum Gasteiger partial charge on any atom is 0.0564 e. The van der Waals surface area contributed by atoms with Gasteiger partial charge in [-0.2, -0.15) is 10.2 Å². The van der Waals surface area contributed by atoms with Crippen molar-refractivity contribution in [3.05, 3.63) is 24.5 Å². The Labute approximate surface area is 90.9 Å². The second kappa shape index (κ2) is 7.31. The first-order chi connectivity index (χ1) is 7.33. The highest BCUT2D eigenvalue weighted by Gasteiger charge is 2.14. The quantitative estimate of drug-likeness (QED) is 0.748. The Kier molecular flexibility index (Phi) is 5.88. The molecule has 0 aliphatic carbocycles. The number of aliphatic hydroxyl groups excluding tert-OH is 1. The van der Waals surface area contributed by atoms with Gasteiger partial charge in [0.05, 0.1) is 6.10 Å². The van der Waals surface area contributed by atoms with E-state index in [9.17, 15) is 0 Å². The van der Waals surface area contributed by atoms with Crippen LogP contribution in [0.4, 0.5) is 0 Å². The third-order valence-corrected chi connectivity index (χ3v) is 2.49. The highest BCUT2D eigenvalue weighted by molar-refractivity contribution is 4.79. The summed E-state index contributed by atoms with van der Waals surface area (Å²) in [6.45, 7) is 5.46. The third-order valence-electron chi connectivity index (χ3n) is 2.49. The minimum Gasteiger partial charge on any atom is -0.393 e. The molecule has 1 N–H and O–H groups in total. The largest absolute Gasteiger partial charge is 0.393 e.